The number of carbonyl (C=O) groups excluding carboxylic acids is 2. The Hall–Kier alpha value is -7.72. The maximum absolute atomic E-state index is 13.2. The number of hydrogen-bond donors (Lipinski definition) is 0. The van der Waals surface area contributed by atoms with E-state index in [1.807, 2.05) is 158 Å². The first-order valence-corrected chi connectivity index (χ1v) is 20.2. The van der Waals surface area contributed by atoms with Crippen molar-refractivity contribution in [1.29, 1.82) is 0 Å². The van der Waals surface area contributed by atoms with Gasteiger partial charge in [0.15, 0.2) is 0 Å². The van der Waals surface area contributed by atoms with Gasteiger partial charge in [-0.3, -0.25) is 0 Å². The fourth-order valence-corrected chi connectivity index (χ4v) is 6.20. The van der Waals surface area contributed by atoms with Gasteiger partial charge < -0.3 is 37.9 Å². The van der Waals surface area contributed by atoms with Crippen molar-refractivity contribution < 1.29 is 47.5 Å². The van der Waals surface area contributed by atoms with Gasteiger partial charge in [-0.05, 0) is 76.7 Å². The summed E-state index contributed by atoms with van der Waals surface area (Å²) in [6.07, 6.45) is -1.11. The molecule has 0 aromatic heterocycles. The van der Waals surface area contributed by atoms with Crippen molar-refractivity contribution in [3.05, 3.63) is 215 Å². The third kappa shape index (κ3) is 13.4. The standard InChI is InChI=1S/C52H46O10/c1-2-55-52(54)62-51(53)44-27-49(60-36-42-23-45(56-32-38-15-7-3-8-16-38)29-46(24-42)57-33-39-17-9-4-10-18-39)31-50(28-44)61-37-43-25-47(58-34-40-19-11-5-12-20-40)30-48(26-43)59-35-41-21-13-6-14-22-41/h3-31H,2,32-37H2,1H3. The van der Waals surface area contributed by atoms with E-state index in [0.29, 0.717) is 49.4 Å². The summed E-state index contributed by atoms with van der Waals surface area (Å²) in [7, 11) is 0. The quantitative estimate of drug-likeness (QED) is 0.0544. The first kappa shape index (κ1) is 42.4. The van der Waals surface area contributed by atoms with Gasteiger partial charge in [0.25, 0.3) is 0 Å². The minimum atomic E-state index is -1.11. The van der Waals surface area contributed by atoms with Gasteiger partial charge in [-0.15, -0.1) is 0 Å². The Morgan fingerprint density at radius 2 is 0.629 bits per heavy atom. The fraction of sp³-hybridized carbons (Fsp3) is 0.154. The van der Waals surface area contributed by atoms with E-state index in [-0.39, 0.29) is 36.9 Å². The van der Waals surface area contributed by atoms with E-state index in [0.717, 1.165) is 33.4 Å². The van der Waals surface area contributed by atoms with Crippen molar-refractivity contribution in [2.45, 2.75) is 46.6 Å². The summed E-state index contributed by atoms with van der Waals surface area (Å²) in [6.45, 7) is 3.24. The molecule has 0 N–H and O–H groups in total. The van der Waals surface area contributed by atoms with Crippen molar-refractivity contribution in [1.82, 2.24) is 0 Å². The van der Waals surface area contributed by atoms with E-state index < -0.39 is 12.1 Å². The Labute approximate surface area is 361 Å². The second-order valence-corrected chi connectivity index (χ2v) is 14.1. The second-order valence-electron chi connectivity index (χ2n) is 14.1. The van der Waals surface area contributed by atoms with Crippen LogP contribution in [0, 0.1) is 0 Å². The molecule has 0 unspecified atom stereocenters. The third-order valence-corrected chi connectivity index (χ3v) is 9.24. The predicted molar refractivity (Wildman–Crippen MR) is 234 cm³/mol. The first-order chi connectivity index (χ1) is 30.4. The topological polar surface area (TPSA) is 108 Å². The zero-order chi connectivity index (χ0) is 42.8. The van der Waals surface area contributed by atoms with E-state index in [4.69, 9.17) is 37.9 Å². The lowest BCUT2D eigenvalue weighted by molar-refractivity contribution is 0.0400. The first-order valence-electron chi connectivity index (χ1n) is 20.2. The summed E-state index contributed by atoms with van der Waals surface area (Å²) >= 11 is 0. The van der Waals surface area contributed by atoms with Gasteiger partial charge in [0.1, 0.15) is 74.1 Å². The minimum absolute atomic E-state index is 0.0178. The summed E-state index contributed by atoms with van der Waals surface area (Å²) < 4.78 is 47.2. The molecule has 0 atom stereocenters. The third-order valence-electron chi connectivity index (χ3n) is 9.24. The Morgan fingerprint density at radius 1 is 0.355 bits per heavy atom. The highest BCUT2D eigenvalue weighted by molar-refractivity contribution is 5.96. The smallest absolute Gasteiger partial charge is 0.489 e. The number of rotatable bonds is 20. The number of ether oxygens (including phenoxy) is 8. The van der Waals surface area contributed by atoms with Crippen molar-refractivity contribution >= 4 is 12.1 Å². The lowest BCUT2D eigenvalue weighted by atomic mass is 10.1. The molecule has 7 aromatic rings. The highest BCUT2D eigenvalue weighted by Crippen LogP contribution is 2.30. The van der Waals surface area contributed by atoms with Gasteiger partial charge in [0.05, 0.1) is 12.2 Å². The van der Waals surface area contributed by atoms with Crippen molar-refractivity contribution in [2.75, 3.05) is 6.61 Å². The van der Waals surface area contributed by atoms with Gasteiger partial charge in [-0.25, -0.2) is 9.59 Å². The molecule has 0 radical (unpaired) electrons. The molecule has 0 aliphatic rings. The largest absolute Gasteiger partial charge is 0.516 e. The molecular weight excluding hydrogens is 785 g/mol. The SMILES string of the molecule is CCOC(=O)OC(=O)c1cc(OCc2cc(OCc3ccccc3)cc(OCc3ccccc3)c2)cc(OCc2cc(OCc3ccccc3)cc(OCc3ccccc3)c2)c1. The highest BCUT2D eigenvalue weighted by atomic mass is 16.7. The Morgan fingerprint density at radius 3 is 0.919 bits per heavy atom. The molecule has 7 rings (SSSR count). The van der Waals surface area contributed by atoms with Crippen LogP contribution in [-0.2, 0) is 49.1 Å². The molecule has 0 aliphatic heterocycles. The molecule has 0 amide bonds. The maximum atomic E-state index is 13.2. The van der Waals surface area contributed by atoms with Gasteiger partial charge in [-0.1, -0.05) is 121 Å². The minimum Gasteiger partial charge on any atom is -0.489 e. The number of hydrogen-bond acceptors (Lipinski definition) is 10. The maximum Gasteiger partial charge on any atom is 0.516 e. The van der Waals surface area contributed by atoms with Crippen LogP contribution in [0.3, 0.4) is 0 Å². The molecule has 10 nitrogen and oxygen atoms in total. The van der Waals surface area contributed by atoms with E-state index in [2.05, 4.69) is 0 Å². The van der Waals surface area contributed by atoms with Crippen molar-refractivity contribution in [2.24, 2.45) is 0 Å². The molecule has 0 heterocycles. The van der Waals surface area contributed by atoms with Crippen LogP contribution in [0.15, 0.2) is 176 Å². The summed E-state index contributed by atoms with van der Waals surface area (Å²) in [5.74, 6) is 2.01. The fourth-order valence-electron chi connectivity index (χ4n) is 6.20. The second kappa shape index (κ2) is 22.0. The average molecular weight is 831 g/mol. The highest BCUT2D eigenvalue weighted by Gasteiger charge is 2.18. The van der Waals surface area contributed by atoms with E-state index in [1.165, 1.54) is 12.1 Å². The van der Waals surface area contributed by atoms with Crippen LogP contribution in [0.5, 0.6) is 34.5 Å². The molecule has 0 bridgehead atoms. The van der Waals surface area contributed by atoms with Gasteiger partial charge in [0, 0.05) is 18.2 Å². The summed E-state index contributed by atoms with van der Waals surface area (Å²) in [4.78, 5) is 25.4. The van der Waals surface area contributed by atoms with Crippen LogP contribution in [-0.4, -0.2) is 18.7 Å². The molecule has 7 aromatic carbocycles. The average Bonchev–Trinajstić information content (AvgIpc) is 3.31. The molecule has 0 saturated heterocycles. The molecule has 62 heavy (non-hydrogen) atoms. The molecule has 314 valence electrons. The zero-order valence-corrected chi connectivity index (χ0v) is 34.3. The summed E-state index contributed by atoms with van der Waals surface area (Å²) in [5, 5.41) is 0. The Balaban J connectivity index is 1.11. The summed E-state index contributed by atoms with van der Waals surface area (Å²) in [5.41, 5.74) is 5.57. The number of esters is 1. The molecular formula is C52H46O10. The Kier molecular flexibility index (Phi) is 15.1. The zero-order valence-electron chi connectivity index (χ0n) is 34.3. The van der Waals surface area contributed by atoms with Gasteiger partial charge in [-0.2, -0.15) is 0 Å². The van der Waals surface area contributed by atoms with E-state index >= 15 is 0 Å². The van der Waals surface area contributed by atoms with Crippen LogP contribution in [0.1, 0.15) is 50.7 Å². The molecule has 0 fully saturated rings. The Bertz CT molecular complexity index is 2210. The molecule has 0 saturated carbocycles. The van der Waals surface area contributed by atoms with Crippen molar-refractivity contribution in [3.8, 4) is 34.5 Å². The van der Waals surface area contributed by atoms with Crippen LogP contribution >= 0.6 is 0 Å². The number of benzene rings is 7. The van der Waals surface area contributed by atoms with Crippen LogP contribution in [0.25, 0.3) is 0 Å². The number of carbonyl (C=O) groups is 2. The molecule has 0 spiro atoms. The van der Waals surface area contributed by atoms with Gasteiger partial charge in [0.2, 0.25) is 0 Å². The molecule has 0 aliphatic carbocycles. The lowest BCUT2D eigenvalue weighted by Crippen LogP contribution is -2.14. The van der Waals surface area contributed by atoms with Gasteiger partial charge >= 0.3 is 12.1 Å². The van der Waals surface area contributed by atoms with Crippen molar-refractivity contribution in [3.63, 3.8) is 0 Å². The van der Waals surface area contributed by atoms with Crippen LogP contribution in [0.2, 0.25) is 0 Å². The molecule has 10 heteroatoms. The van der Waals surface area contributed by atoms with E-state index in [9.17, 15) is 9.59 Å². The van der Waals surface area contributed by atoms with E-state index in [1.54, 1.807) is 13.0 Å². The lowest BCUT2D eigenvalue weighted by Gasteiger charge is -2.15. The normalized spacial score (nSPS) is 10.6. The van der Waals surface area contributed by atoms with Crippen LogP contribution in [0.4, 0.5) is 4.79 Å². The monoisotopic (exact) mass is 830 g/mol. The van der Waals surface area contributed by atoms with Crippen LogP contribution < -0.4 is 28.4 Å². The predicted octanol–water partition coefficient (Wildman–Crippen LogP) is 11.5. The summed E-state index contributed by atoms with van der Waals surface area (Å²) in [6, 6.07) is 55.3.